The molecule has 0 saturated carbocycles. The van der Waals surface area contributed by atoms with E-state index in [1.807, 2.05) is 0 Å². The van der Waals surface area contributed by atoms with Crippen LogP contribution in [0, 0.1) is 0 Å². The molecule has 1 N–H and O–H groups in total. The highest BCUT2D eigenvalue weighted by molar-refractivity contribution is 9.13. The zero-order valence-corrected chi connectivity index (χ0v) is 10.1. The molecule has 0 unspecified atom stereocenters. The Morgan fingerprint density at radius 3 is 2.73 bits per heavy atom. The van der Waals surface area contributed by atoms with Gasteiger partial charge in [-0.25, -0.2) is 0 Å². The number of hydrogen-bond acceptors (Lipinski definition) is 2. The Balaban J connectivity index is 2.63. The van der Waals surface area contributed by atoms with Crippen molar-refractivity contribution in [1.82, 2.24) is 5.32 Å². The van der Waals surface area contributed by atoms with Crippen molar-refractivity contribution in [1.29, 1.82) is 0 Å². The van der Waals surface area contributed by atoms with Crippen LogP contribution in [0.2, 0.25) is 0 Å². The van der Waals surface area contributed by atoms with Crippen molar-refractivity contribution in [2.45, 2.75) is 13.5 Å². The minimum Gasteiger partial charge on any atom is -0.312 e. The fourth-order valence-corrected chi connectivity index (χ4v) is 2.82. The normalized spacial score (nSPS) is 10.5. The van der Waals surface area contributed by atoms with Gasteiger partial charge in [-0.05, 0) is 38.4 Å². The summed E-state index contributed by atoms with van der Waals surface area (Å²) in [5, 5.41) is 5.37. The fourth-order valence-electron chi connectivity index (χ4n) is 0.717. The quantitative estimate of drug-likeness (QED) is 0.902. The molecule has 0 aliphatic rings. The van der Waals surface area contributed by atoms with E-state index in [2.05, 4.69) is 49.5 Å². The first kappa shape index (κ1) is 9.71. The topological polar surface area (TPSA) is 12.0 Å². The Morgan fingerprint density at radius 2 is 2.27 bits per heavy atom. The molecule has 0 bridgehead atoms. The molecule has 62 valence electrons. The number of nitrogens with one attached hydrogen (secondary N) is 1. The molecule has 0 aliphatic heterocycles. The molecular weight excluding hydrogens is 290 g/mol. The molecule has 0 fully saturated rings. The van der Waals surface area contributed by atoms with Crippen molar-refractivity contribution < 1.29 is 0 Å². The van der Waals surface area contributed by atoms with Gasteiger partial charge in [0.1, 0.15) is 0 Å². The highest BCUT2D eigenvalue weighted by atomic mass is 79.9. The third-order valence-electron chi connectivity index (χ3n) is 1.29. The minimum atomic E-state index is 0.952. The van der Waals surface area contributed by atoms with E-state index in [-0.39, 0.29) is 0 Å². The molecule has 0 saturated heterocycles. The van der Waals surface area contributed by atoms with Crippen LogP contribution < -0.4 is 5.32 Å². The molecule has 0 aromatic carbocycles. The summed E-state index contributed by atoms with van der Waals surface area (Å²) in [6.07, 6.45) is 0. The van der Waals surface area contributed by atoms with E-state index in [9.17, 15) is 0 Å². The molecule has 0 atom stereocenters. The van der Waals surface area contributed by atoms with Crippen molar-refractivity contribution in [2.24, 2.45) is 0 Å². The number of rotatable bonds is 3. The molecule has 4 heteroatoms. The molecular formula is C7H9Br2NS. The van der Waals surface area contributed by atoms with Crippen molar-refractivity contribution >= 4 is 43.2 Å². The van der Waals surface area contributed by atoms with E-state index in [4.69, 9.17) is 0 Å². The van der Waals surface area contributed by atoms with Crippen LogP contribution in [0.3, 0.4) is 0 Å². The van der Waals surface area contributed by atoms with E-state index in [0.717, 1.165) is 17.6 Å². The van der Waals surface area contributed by atoms with Crippen molar-refractivity contribution in [2.75, 3.05) is 6.54 Å². The van der Waals surface area contributed by atoms with Gasteiger partial charge in [-0.1, -0.05) is 6.92 Å². The van der Waals surface area contributed by atoms with E-state index in [0.29, 0.717) is 0 Å². The maximum atomic E-state index is 3.50. The van der Waals surface area contributed by atoms with Crippen molar-refractivity contribution in [3.05, 3.63) is 19.2 Å². The maximum Gasteiger partial charge on any atom is 0.0469 e. The maximum absolute atomic E-state index is 3.50. The van der Waals surface area contributed by atoms with Crippen LogP contribution in [0.5, 0.6) is 0 Å². The molecule has 1 aromatic rings. The van der Waals surface area contributed by atoms with Gasteiger partial charge in [0, 0.05) is 25.7 Å². The van der Waals surface area contributed by atoms with Crippen LogP contribution in [0.25, 0.3) is 0 Å². The Labute approximate surface area is 87.5 Å². The molecule has 1 aromatic heterocycles. The monoisotopic (exact) mass is 297 g/mol. The summed E-state index contributed by atoms with van der Waals surface area (Å²) in [6.45, 7) is 4.08. The summed E-state index contributed by atoms with van der Waals surface area (Å²) in [5.74, 6) is 0. The number of halogens is 2. The van der Waals surface area contributed by atoms with E-state index in [1.165, 1.54) is 9.35 Å². The largest absolute Gasteiger partial charge is 0.312 e. The van der Waals surface area contributed by atoms with E-state index < -0.39 is 0 Å². The van der Waals surface area contributed by atoms with Gasteiger partial charge in [0.15, 0.2) is 0 Å². The van der Waals surface area contributed by atoms with Crippen LogP contribution in [-0.2, 0) is 6.54 Å². The Hall–Kier alpha value is 0.620. The molecule has 1 heterocycles. The van der Waals surface area contributed by atoms with Gasteiger partial charge < -0.3 is 5.32 Å². The third kappa shape index (κ3) is 2.54. The predicted octanol–water partition coefficient (Wildman–Crippen LogP) is 3.38. The number of hydrogen-bond donors (Lipinski definition) is 1. The number of thiophene rings is 1. The minimum absolute atomic E-state index is 0.952. The highest BCUT2D eigenvalue weighted by Crippen LogP contribution is 2.32. The Bertz CT molecular complexity index is 234. The lowest BCUT2D eigenvalue weighted by molar-refractivity contribution is 0.733. The first-order valence-electron chi connectivity index (χ1n) is 3.37. The van der Waals surface area contributed by atoms with E-state index in [1.54, 1.807) is 11.3 Å². The Kier molecular flexibility index (Phi) is 4.06. The van der Waals surface area contributed by atoms with Gasteiger partial charge in [0.25, 0.3) is 0 Å². The van der Waals surface area contributed by atoms with Crippen LogP contribution in [0.1, 0.15) is 11.8 Å². The molecule has 1 rings (SSSR count). The fraction of sp³-hybridized carbons (Fsp3) is 0.429. The van der Waals surface area contributed by atoms with Gasteiger partial charge in [-0.15, -0.1) is 11.3 Å². The van der Waals surface area contributed by atoms with Gasteiger partial charge in [0.05, 0.1) is 0 Å². The second-order valence-electron chi connectivity index (χ2n) is 2.10. The standard InChI is InChI=1S/C7H9Br2NS/c1-2-10-3-6-7(9)5(8)4-11-6/h4,10H,2-3H2,1H3. The smallest absolute Gasteiger partial charge is 0.0469 e. The van der Waals surface area contributed by atoms with Gasteiger partial charge in [0.2, 0.25) is 0 Å². The highest BCUT2D eigenvalue weighted by Gasteiger charge is 2.04. The summed E-state index contributed by atoms with van der Waals surface area (Å²) in [4.78, 5) is 1.35. The molecule has 0 radical (unpaired) electrons. The van der Waals surface area contributed by atoms with E-state index >= 15 is 0 Å². The average Bonchev–Trinajstić information content (AvgIpc) is 2.31. The lowest BCUT2D eigenvalue weighted by Gasteiger charge is -1.98. The first-order valence-corrected chi connectivity index (χ1v) is 5.84. The van der Waals surface area contributed by atoms with Crippen LogP contribution in [0.4, 0.5) is 0 Å². The zero-order chi connectivity index (χ0) is 8.27. The second-order valence-corrected chi connectivity index (χ2v) is 4.71. The third-order valence-corrected chi connectivity index (χ3v) is 4.91. The Morgan fingerprint density at radius 1 is 1.55 bits per heavy atom. The zero-order valence-electron chi connectivity index (χ0n) is 6.16. The average molecular weight is 299 g/mol. The first-order chi connectivity index (χ1) is 5.25. The van der Waals surface area contributed by atoms with Crippen LogP contribution in [-0.4, -0.2) is 6.54 Å². The lowest BCUT2D eigenvalue weighted by atomic mass is 10.4. The molecule has 11 heavy (non-hydrogen) atoms. The SMILES string of the molecule is CCNCc1scc(Br)c1Br. The van der Waals surface area contributed by atoms with Gasteiger partial charge in [-0.3, -0.25) is 0 Å². The molecule has 0 aliphatic carbocycles. The van der Waals surface area contributed by atoms with Crippen LogP contribution in [0.15, 0.2) is 14.3 Å². The summed E-state index contributed by atoms with van der Waals surface area (Å²) in [5.41, 5.74) is 0. The van der Waals surface area contributed by atoms with Gasteiger partial charge in [-0.2, -0.15) is 0 Å². The predicted molar refractivity (Wildman–Crippen MR) is 57.1 cm³/mol. The summed E-state index contributed by atoms with van der Waals surface area (Å²) >= 11 is 8.71. The summed E-state index contributed by atoms with van der Waals surface area (Å²) in [6, 6.07) is 0. The molecule has 0 amide bonds. The van der Waals surface area contributed by atoms with Crippen molar-refractivity contribution in [3.63, 3.8) is 0 Å². The van der Waals surface area contributed by atoms with Crippen molar-refractivity contribution in [3.8, 4) is 0 Å². The summed E-state index contributed by atoms with van der Waals surface area (Å²) < 4.78 is 2.33. The molecule has 1 nitrogen and oxygen atoms in total. The summed E-state index contributed by atoms with van der Waals surface area (Å²) in [7, 11) is 0. The molecule has 0 spiro atoms. The second kappa shape index (κ2) is 4.60. The lowest BCUT2D eigenvalue weighted by Crippen LogP contribution is -2.10. The van der Waals surface area contributed by atoms with Gasteiger partial charge >= 0.3 is 0 Å². The van der Waals surface area contributed by atoms with Crippen LogP contribution >= 0.6 is 43.2 Å².